The summed E-state index contributed by atoms with van der Waals surface area (Å²) in [6.07, 6.45) is 5.35. The van der Waals surface area contributed by atoms with Crippen molar-refractivity contribution in [1.82, 2.24) is 15.3 Å². The molecule has 3 aromatic rings. The summed E-state index contributed by atoms with van der Waals surface area (Å²) < 4.78 is 0. The summed E-state index contributed by atoms with van der Waals surface area (Å²) in [5.74, 6) is -0.655. The maximum absolute atomic E-state index is 13.2. The SMILES string of the molecule is N#CC(C(=O)NC1CCCCC1)c1nc2ccccc2nc1N1CCN(c2cccc(Cl)c2)CC1. The minimum Gasteiger partial charge on any atom is -0.368 e. The lowest BCUT2D eigenvalue weighted by Crippen LogP contribution is -2.47. The number of fused-ring (bicyclic) bond motifs is 1. The van der Waals surface area contributed by atoms with E-state index in [1.165, 1.54) is 6.42 Å². The first-order valence-corrected chi connectivity index (χ1v) is 12.7. The molecule has 1 aliphatic heterocycles. The van der Waals surface area contributed by atoms with Crippen LogP contribution in [0.1, 0.15) is 43.7 Å². The molecule has 2 aliphatic rings. The Kier molecular flexibility index (Phi) is 7.01. The molecule has 2 fully saturated rings. The number of benzene rings is 2. The fourth-order valence-corrected chi connectivity index (χ4v) is 5.24. The maximum atomic E-state index is 13.2. The van der Waals surface area contributed by atoms with E-state index in [1.54, 1.807) is 0 Å². The first-order valence-electron chi connectivity index (χ1n) is 12.3. The molecule has 1 aromatic heterocycles. The molecular formula is C27H29ClN6O. The minimum atomic E-state index is -1.00. The van der Waals surface area contributed by atoms with Crippen LogP contribution in [0.5, 0.6) is 0 Å². The average molecular weight is 489 g/mol. The highest BCUT2D eigenvalue weighted by Gasteiger charge is 2.31. The molecular weight excluding hydrogens is 460 g/mol. The van der Waals surface area contributed by atoms with Gasteiger partial charge in [-0.05, 0) is 43.2 Å². The van der Waals surface area contributed by atoms with Gasteiger partial charge in [0.15, 0.2) is 11.7 Å². The predicted molar refractivity (Wildman–Crippen MR) is 139 cm³/mol. The van der Waals surface area contributed by atoms with Crippen LogP contribution in [0.3, 0.4) is 0 Å². The summed E-state index contributed by atoms with van der Waals surface area (Å²) in [5, 5.41) is 13.9. The van der Waals surface area contributed by atoms with Crippen molar-refractivity contribution in [3.05, 3.63) is 59.2 Å². The van der Waals surface area contributed by atoms with Crippen LogP contribution in [0.25, 0.3) is 11.0 Å². The van der Waals surface area contributed by atoms with Crippen molar-refractivity contribution in [2.75, 3.05) is 36.0 Å². The zero-order chi connectivity index (χ0) is 24.2. The van der Waals surface area contributed by atoms with Crippen molar-refractivity contribution in [3.63, 3.8) is 0 Å². The lowest BCUT2D eigenvalue weighted by Gasteiger charge is -2.37. The van der Waals surface area contributed by atoms with E-state index in [2.05, 4.69) is 27.3 Å². The van der Waals surface area contributed by atoms with Crippen molar-refractivity contribution in [2.24, 2.45) is 0 Å². The van der Waals surface area contributed by atoms with E-state index < -0.39 is 5.92 Å². The van der Waals surface area contributed by atoms with Gasteiger partial charge in [0.2, 0.25) is 5.91 Å². The molecule has 7 nitrogen and oxygen atoms in total. The summed E-state index contributed by atoms with van der Waals surface area (Å²) in [5.41, 5.74) is 2.97. The van der Waals surface area contributed by atoms with E-state index in [4.69, 9.17) is 21.6 Å². The number of hydrogen-bond donors (Lipinski definition) is 1. The van der Waals surface area contributed by atoms with Gasteiger partial charge in [-0.15, -0.1) is 0 Å². The molecule has 1 saturated carbocycles. The normalized spacial score (nSPS) is 17.7. The highest BCUT2D eigenvalue weighted by Crippen LogP contribution is 2.30. The quantitative estimate of drug-likeness (QED) is 0.562. The molecule has 2 heterocycles. The molecule has 180 valence electrons. The van der Waals surface area contributed by atoms with Crippen molar-refractivity contribution in [3.8, 4) is 6.07 Å². The number of para-hydroxylation sites is 2. The van der Waals surface area contributed by atoms with Gasteiger partial charge in [-0.3, -0.25) is 4.79 Å². The van der Waals surface area contributed by atoms with Gasteiger partial charge in [0.1, 0.15) is 5.69 Å². The fraction of sp³-hybridized carbons (Fsp3) is 0.407. The molecule has 1 saturated heterocycles. The molecule has 1 N–H and O–H groups in total. The van der Waals surface area contributed by atoms with Gasteiger partial charge < -0.3 is 15.1 Å². The fourth-order valence-electron chi connectivity index (χ4n) is 5.06. The van der Waals surface area contributed by atoms with Crippen molar-refractivity contribution in [2.45, 2.75) is 44.1 Å². The van der Waals surface area contributed by atoms with Crippen LogP contribution in [0.4, 0.5) is 11.5 Å². The molecule has 1 aliphatic carbocycles. The number of piperazine rings is 1. The Bertz CT molecular complexity index is 1240. The number of nitrogens with zero attached hydrogens (tertiary/aromatic N) is 5. The molecule has 0 bridgehead atoms. The van der Waals surface area contributed by atoms with E-state index in [9.17, 15) is 10.1 Å². The third-order valence-electron chi connectivity index (χ3n) is 6.95. The van der Waals surface area contributed by atoms with E-state index in [1.807, 2.05) is 42.5 Å². The Morgan fingerprint density at radius 2 is 1.66 bits per heavy atom. The molecule has 1 unspecified atom stereocenters. The van der Waals surface area contributed by atoms with Crippen molar-refractivity contribution in [1.29, 1.82) is 5.26 Å². The van der Waals surface area contributed by atoms with Gasteiger partial charge in [-0.2, -0.15) is 5.26 Å². The Morgan fingerprint density at radius 1 is 0.971 bits per heavy atom. The van der Waals surface area contributed by atoms with E-state index in [-0.39, 0.29) is 11.9 Å². The van der Waals surface area contributed by atoms with Gasteiger partial charge in [-0.25, -0.2) is 9.97 Å². The molecule has 8 heteroatoms. The van der Waals surface area contributed by atoms with Crippen LogP contribution in [-0.2, 0) is 4.79 Å². The summed E-state index contributed by atoms with van der Waals surface area (Å²) in [4.78, 5) is 27.4. The molecule has 2 aromatic carbocycles. The van der Waals surface area contributed by atoms with Crippen molar-refractivity contribution < 1.29 is 4.79 Å². The monoisotopic (exact) mass is 488 g/mol. The number of carbonyl (C=O) groups excluding carboxylic acids is 1. The highest BCUT2D eigenvalue weighted by molar-refractivity contribution is 6.30. The standard InChI is InChI=1S/C27H29ClN6O/c28-19-7-6-10-21(17-19)33-13-15-34(16-14-33)26-25(31-23-11-4-5-12-24(23)32-26)22(18-29)27(35)30-20-8-2-1-3-9-20/h4-7,10-12,17,20,22H,1-3,8-9,13-16H2,(H,30,35). The Morgan fingerprint density at radius 3 is 2.34 bits per heavy atom. The number of carbonyl (C=O) groups is 1. The van der Waals surface area contributed by atoms with Crippen LogP contribution in [0.2, 0.25) is 5.02 Å². The average Bonchev–Trinajstić information content (AvgIpc) is 2.89. The van der Waals surface area contributed by atoms with Crippen LogP contribution in [0, 0.1) is 11.3 Å². The van der Waals surface area contributed by atoms with Crippen molar-refractivity contribution >= 4 is 40.0 Å². The first kappa shape index (κ1) is 23.4. The van der Waals surface area contributed by atoms with Gasteiger partial charge in [0.05, 0.1) is 17.1 Å². The summed E-state index contributed by atoms with van der Waals surface area (Å²) >= 11 is 6.19. The van der Waals surface area contributed by atoms with Gasteiger partial charge in [-0.1, -0.05) is 49.1 Å². The lowest BCUT2D eigenvalue weighted by atomic mass is 9.94. The summed E-state index contributed by atoms with van der Waals surface area (Å²) in [7, 11) is 0. The van der Waals surface area contributed by atoms with Gasteiger partial charge >= 0.3 is 0 Å². The maximum Gasteiger partial charge on any atom is 0.243 e. The number of halogens is 1. The van der Waals surface area contributed by atoms with Crippen LogP contribution in [0.15, 0.2) is 48.5 Å². The smallest absolute Gasteiger partial charge is 0.243 e. The van der Waals surface area contributed by atoms with Crippen LogP contribution < -0.4 is 15.1 Å². The van der Waals surface area contributed by atoms with Crippen LogP contribution >= 0.6 is 11.6 Å². The second kappa shape index (κ2) is 10.5. The predicted octanol–water partition coefficient (Wildman–Crippen LogP) is 4.67. The molecule has 0 spiro atoms. The number of nitriles is 1. The van der Waals surface area contributed by atoms with Gasteiger partial charge in [0.25, 0.3) is 0 Å². The Hall–Kier alpha value is -3.37. The number of aromatic nitrogens is 2. The highest BCUT2D eigenvalue weighted by atomic mass is 35.5. The number of rotatable bonds is 5. The minimum absolute atomic E-state index is 0.130. The summed E-state index contributed by atoms with van der Waals surface area (Å²) in [6.45, 7) is 2.96. The summed E-state index contributed by atoms with van der Waals surface area (Å²) in [6, 6.07) is 17.8. The number of amides is 1. The molecule has 35 heavy (non-hydrogen) atoms. The topological polar surface area (TPSA) is 85.1 Å². The molecule has 1 amide bonds. The van der Waals surface area contributed by atoms with E-state index >= 15 is 0 Å². The third kappa shape index (κ3) is 5.18. The molecule has 5 rings (SSSR count). The number of hydrogen-bond acceptors (Lipinski definition) is 6. The second-order valence-corrected chi connectivity index (χ2v) is 9.72. The van der Waals surface area contributed by atoms with E-state index in [0.717, 1.165) is 50.0 Å². The lowest BCUT2D eigenvalue weighted by molar-refractivity contribution is -0.122. The third-order valence-corrected chi connectivity index (χ3v) is 7.18. The second-order valence-electron chi connectivity index (χ2n) is 9.28. The Balaban J connectivity index is 1.42. The molecule has 0 radical (unpaired) electrons. The van der Waals surface area contributed by atoms with Gasteiger partial charge in [0, 0.05) is 42.9 Å². The first-order chi connectivity index (χ1) is 17.1. The zero-order valence-electron chi connectivity index (χ0n) is 19.7. The molecule has 1 atom stereocenters. The number of nitrogens with one attached hydrogen (secondary N) is 1. The largest absolute Gasteiger partial charge is 0.368 e. The zero-order valence-corrected chi connectivity index (χ0v) is 20.4. The Labute approximate surface area is 210 Å². The number of anilines is 2. The van der Waals surface area contributed by atoms with E-state index in [0.29, 0.717) is 35.1 Å². The van der Waals surface area contributed by atoms with Crippen LogP contribution in [-0.4, -0.2) is 48.1 Å².